The number of ether oxygens (including phenoxy) is 1. The quantitative estimate of drug-likeness (QED) is 0.780. The number of imide groups is 1. The zero-order valence-electron chi connectivity index (χ0n) is 14.8. The average Bonchev–Trinajstić information content (AvgIpc) is 2.85. The topological polar surface area (TPSA) is 78.9 Å². The van der Waals surface area contributed by atoms with E-state index < -0.39 is 17.7 Å². The molecule has 0 aromatic heterocycles. The van der Waals surface area contributed by atoms with Gasteiger partial charge < -0.3 is 15.2 Å². The van der Waals surface area contributed by atoms with Gasteiger partial charge in [0.15, 0.2) is 0 Å². The molecule has 0 unspecified atom stereocenters. The molecule has 1 aliphatic rings. The van der Waals surface area contributed by atoms with E-state index in [2.05, 4.69) is 5.32 Å². The highest BCUT2D eigenvalue weighted by atomic mass is 16.5. The second-order valence-corrected chi connectivity index (χ2v) is 6.61. The summed E-state index contributed by atoms with van der Waals surface area (Å²) in [6.45, 7) is 3.49. The number of carbonyl (C=O) groups excluding carboxylic acids is 2. The molecule has 2 aromatic carbocycles. The summed E-state index contributed by atoms with van der Waals surface area (Å²) < 4.78 is 5.48. The van der Waals surface area contributed by atoms with Crippen molar-refractivity contribution in [3.8, 4) is 5.75 Å². The predicted octanol–water partition coefficient (Wildman–Crippen LogP) is 2.20. The van der Waals surface area contributed by atoms with Gasteiger partial charge >= 0.3 is 6.03 Å². The van der Waals surface area contributed by atoms with Crippen molar-refractivity contribution >= 4 is 11.9 Å². The summed E-state index contributed by atoms with van der Waals surface area (Å²) in [7, 11) is 0. The van der Waals surface area contributed by atoms with Crippen LogP contribution in [-0.4, -0.2) is 41.2 Å². The van der Waals surface area contributed by atoms with Crippen LogP contribution < -0.4 is 10.1 Å². The van der Waals surface area contributed by atoms with Crippen LogP contribution in [-0.2, 0) is 10.3 Å². The highest BCUT2D eigenvalue weighted by Crippen LogP contribution is 2.29. The summed E-state index contributed by atoms with van der Waals surface area (Å²) in [4.78, 5) is 26.2. The normalized spacial score (nSPS) is 20.8. The number of hydrogen-bond donors (Lipinski definition) is 2. The highest BCUT2D eigenvalue weighted by molar-refractivity contribution is 6.07. The number of aliphatic hydroxyl groups excluding tert-OH is 1. The van der Waals surface area contributed by atoms with Gasteiger partial charge in [-0.1, -0.05) is 48.0 Å². The highest BCUT2D eigenvalue weighted by Gasteiger charge is 2.49. The Labute approximate surface area is 152 Å². The second kappa shape index (κ2) is 7.17. The molecule has 1 fully saturated rings. The van der Waals surface area contributed by atoms with Crippen LogP contribution in [0.5, 0.6) is 5.75 Å². The molecule has 6 heteroatoms. The molecule has 1 aliphatic heterocycles. The zero-order valence-corrected chi connectivity index (χ0v) is 14.8. The maximum Gasteiger partial charge on any atom is 0.325 e. The van der Waals surface area contributed by atoms with E-state index in [-0.39, 0.29) is 19.1 Å². The Hall–Kier alpha value is -2.86. The van der Waals surface area contributed by atoms with Crippen molar-refractivity contribution < 1.29 is 19.4 Å². The lowest BCUT2D eigenvalue weighted by Gasteiger charge is -2.23. The first kappa shape index (κ1) is 17.9. The lowest BCUT2D eigenvalue weighted by molar-refractivity contribution is -0.132. The van der Waals surface area contributed by atoms with E-state index in [4.69, 9.17) is 4.74 Å². The Morgan fingerprint density at radius 1 is 1.12 bits per heavy atom. The maximum atomic E-state index is 12.8. The molecule has 2 aromatic rings. The summed E-state index contributed by atoms with van der Waals surface area (Å²) in [5, 5.41) is 12.9. The molecule has 0 spiro atoms. The van der Waals surface area contributed by atoms with E-state index >= 15 is 0 Å². The van der Waals surface area contributed by atoms with E-state index in [1.54, 1.807) is 19.1 Å². The van der Waals surface area contributed by atoms with Crippen LogP contribution in [0.1, 0.15) is 18.1 Å². The molecule has 2 atom stereocenters. The zero-order chi connectivity index (χ0) is 18.7. The third-order valence-corrected chi connectivity index (χ3v) is 4.48. The minimum Gasteiger partial charge on any atom is -0.491 e. The number of urea groups is 1. The number of carbonyl (C=O) groups is 2. The van der Waals surface area contributed by atoms with Gasteiger partial charge in [0.1, 0.15) is 24.0 Å². The molecule has 2 N–H and O–H groups in total. The number of hydrogen-bond acceptors (Lipinski definition) is 4. The first-order chi connectivity index (χ1) is 12.4. The van der Waals surface area contributed by atoms with E-state index in [1.165, 1.54) is 0 Å². The van der Waals surface area contributed by atoms with Gasteiger partial charge in [0.2, 0.25) is 0 Å². The summed E-state index contributed by atoms with van der Waals surface area (Å²) in [5.41, 5.74) is 0.642. The smallest absolute Gasteiger partial charge is 0.325 e. The molecule has 136 valence electrons. The van der Waals surface area contributed by atoms with Gasteiger partial charge in [-0.05, 0) is 31.5 Å². The number of aryl methyl sites for hydroxylation is 1. The van der Waals surface area contributed by atoms with E-state index in [9.17, 15) is 14.7 Å². The first-order valence-corrected chi connectivity index (χ1v) is 8.47. The summed E-state index contributed by atoms with van der Waals surface area (Å²) >= 11 is 0. The van der Waals surface area contributed by atoms with E-state index in [0.717, 1.165) is 10.5 Å². The minimum absolute atomic E-state index is 0.0116. The number of β-amino-alcohol motifs (C(OH)–C–C–N with tert-alkyl or cyclic N) is 1. The van der Waals surface area contributed by atoms with Crippen molar-refractivity contribution in [3.63, 3.8) is 0 Å². The Kier molecular flexibility index (Phi) is 4.95. The SMILES string of the molecule is Cc1ccc([C@@]2(C)NC(=O)N(C[C@H](O)COc3ccccc3)C2=O)cc1. The van der Waals surface area contributed by atoms with Crippen molar-refractivity contribution in [2.45, 2.75) is 25.5 Å². The third kappa shape index (κ3) is 3.55. The van der Waals surface area contributed by atoms with Crippen molar-refractivity contribution in [3.05, 3.63) is 65.7 Å². The van der Waals surface area contributed by atoms with Crippen LogP contribution in [0.3, 0.4) is 0 Å². The molecule has 3 rings (SSSR count). The Morgan fingerprint density at radius 3 is 2.42 bits per heavy atom. The van der Waals surface area contributed by atoms with Gasteiger partial charge in [-0.15, -0.1) is 0 Å². The number of aliphatic hydroxyl groups is 1. The average molecular weight is 354 g/mol. The number of nitrogens with zero attached hydrogens (tertiary/aromatic N) is 1. The molecule has 3 amide bonds. The molecular formula is C20H22N2O4. The molecule has 6 nitrogen and oxygen atoms in total. The molecular weight excluding hydrogens is 332 g/mol. The molecule has 0 saturated carbocycles. The monoisotopic (exact) mass is 354 g/mol. The lowest BCUT2D eigenvalue weighted by atomic mass is 9.91. The Balaban J connectivity index is 1.66. The Bertz CT molecular complexity index is 791. The largest absolute Gasteiger partial charge is 0.491 e. The van der Waals surface area contributed by atoms with Crippen molar-refractivity contribution in [2.75, 3.05) is 13.2 Å². The number of nitrogens with one attached hydrogen (secondary N) is 1. The van der Waals surface area contributed by atoms with Crippen molar-refractivity contribution in [1.29, 1.82) is 0 Å². The molecule has 0 bridgehead atoms. The van der Waals surface area contributed by atoms with Crippen LogP contribution in [0, 0.1) is 6.92 Å². The summed E-state index contributed by atoms with van der Waals surface area (Å²) in [6, 6.07) is 16.0. The summed E-state index contributed by atoms with van der Waals surface area (Å²) in [6.07, 6.45) is -0.981. The minimum atomic E-state index is -1.13. The Morgan fingerprint density at radius 2 is 1.77 bits per heavy atom. The predicted molar refractivity (Wildman–Crippen MR) is 96.7 cm³/mol. The van der Waals surface area contributed by atoms with Crippen molar-refractivity contribution in [2.24, 2.45) is 0 Å². The number of benzene rings is 2. The van der Waals surface area contributed by atoms with Crippen LogP contribution in [0.4, 0.5) is 4.79 Å². The maximum absolute atomic E-state index is 12.8. The van der Waals surface area contributed by atoms with Gasteiger partial charge in [0.25, 0.3) is 5.91 Å². The first-order valence-electron chi connectivity index (χ1n) is 8.47. The lowest BCUT2D eigenvalue weighted by Crippen LogP contribution is -2.42. The van der Waals surface area contributed by atoms with Crippen LogP contribution in [0.2, 0.25) is 0 Å². The van der Waals surface area contributed by atoms with Gasteiger partial charge in [-0.25, -0.2) is 4.79 Å². The van der Waals surface area contributed by atoms with Gasteiger partial charge in [-0.3, -0.25) is 9.69 Å². The van der Waals surface area contributed by atoms with Crippen LogP contribution >= 0.6 is 0 Å². The van der Waals surface area contributed by atoms with Crippen molar-refractivity contribution in [1.82, 2.24) is 10.2 Å². The van der Waals surface area contributed by atoms with Gasteiger partial charge in [0.05, 0.1) is 6.54 Å². The molecule has 1 saturated heterocycles. The standard InChI is InChI=1S/C20H22N2O4/c1-14-8-10-15(11-9-14)20(2)18(24)22(19(25)21-20)12-16(23)13-26-17-6-4-3-5-7-17/h3-11,16,23H,12-13H2,1-2H3,(H,21,25)/t16-,20+/m0/s1. The van der Waals surface area contributed by atoms with Crippen LogP contribution in [0.25, 0.3) is 0 Å². The fraction of sp³-hybridized carbons (Fsp3) is 0.300. The summed E-state index contributed by atoms with van der Waals surface area (Å²) in [5.74, 6) is 0.235. The number of rotatable bonds is 6. The van der Waals surface area contributed by atoms with Crippen LogP contribution in [0.15, 0.2) is 54.6 Å². The van der Waals surface area contributed by atoms with E-state index in [1.807, 2.05) is 49.4 Å². The van der Waals surface area contributed by atoms with Gasteiger partial charge in [0, 0.05) is 0 Å². The molecule has 1 heterocycles. The molecule has 0 aliphatic carbocycles. The fourth-order valence-corrected chi connectivity index (χ4v) is 2.92. The van der Waals surface area contributed by atoms with Gasteiger partial charge in [-0.2, -0.15) is 0 Å². The molecule has 26 heavy (non-hydrogen) atoms. The van der Waals surface area contributed by atoms with E-state index in [0.29, 0.717) is 11.3 Å². The second-order valence-electron chi connectivity index (χ2n) is 6.61. The number of amides is 3. The fourth-order valence-electron chi connectivity index (χ4n) is 2.92. The number of para-hydroxylation sites is 1. The third-order valence-electron chi connectivity index (χ3n) is 4.48. The molecule has 0 radical (unpaired) electrons.